The van der Waals surface area contributed by atoms with Crippen LogP contribution in [0.5, 0.6) is 0 Å². The number of carbonyl (C=O) groups is 1. The Morgan fingerprint density at radius 2 is 1.86 bits per heavy atom. The summed E-state index contributed by atoms with van der Waals surface area (Å²) in [6.07, 6.45) is 4.23. The SMILES string of the molecule is CS(=O)(=O)Nc1cccc(C(=O)/C=C/c2ccccc2Br)c1. The van der Waals surface area contributed by atoms with E-state index in [1.165, 1.54) is 12.1 Å². The van der Waals surface area contributed by atoms with Gasteiger partial charge >= 0.3 is 0 Å². The number of nitrogens with one attached hydrogen (secondary N) is 1. The van der Waals surface area contributed by atoms with Crippen molar-refractivity contribution in [2.24, 2.45) is 0 Å². The molecule has 22 heavy (non-hydrogen) atoms. The Hall–Kier alpha value is -1.92. The van der Waals surface area contributed by atoms with Crippen molar-refractivity contribution in [1.82, 2.24) is 0 Å². The Bertz CT molecular complexity index is 829. The van der Waals surface area contributed by atoms with Crippen molar-refractivity contribution in [2.75, 3.05) is 11.0 Å². The highest BCUT2D eigenvalue weighted by Gasteiger charge is 2.06. The van der Waals surface area contributed by atoms with E-state index in [9.17, 15) is 13.2 Å². The summed E-state index contributed by atoms with van der Waals surface area (Å²) in [6, 6.07) is 13.9. The molecule has 0 atom stereocenters. The van der Waals surface area contributed by atoms with Crippen LogP contribution in [-0.2, 0) is 10.0 Å². The fourth-order valence-corrected chi connectivity index (χ4v) is 2.79. The first-order valence-electron chi connectivity index (χ1n) is 6.40. The van der Waals surface area contributed by atoms with Crippen LogP contribution < -0.4 is 4.72 Å². The van der Waals surface area contributed by atoms with Crippen LogP contribution in [-0.4, -0.2) is 20.5 Å². The molecule has 0 saturated carbocycles. The lowest BCUT2D eigenvalue weighted by Crippen LogP contribution is -2.10. The van der Waals surface area contributed by atoms with E-state index in [0.717, 1.165) is 16.3 Å². The van der Waals surface area contributed by atoms with Crippen LogP contribution in [0.15, 0.2) is 59.1 Å². The topological polar surface area (TPSA) is 63.2 Å². The first kappa shape index (κ1) is 16.5. The van der Waals surface area contributed by atoms with Gasteiger partial charge in [0.2, 0.25) is 10.0 Å². The van der Waals surface area contributed by atoms with Gasteiger partial charge in [0, 0.05) is 15.7 Å². The maximum atomic E-state index is 12.2. The fourth-order valence-electron chi connectivity index (χ4n) is 1.82. The van der Waals surface area contributed by atoms with Crippen LogP contribution in [0.2, 0.25) is 0 Å². The van der Waals surface area contributed by atoms with Crippen molar-refractivity contribution in [3.63, 3.8) is 0 Å². The van der Waals surface area contributed by atoms with Crippen molar-refractivity contribution in [1.29, 1.82) is 0 Å². The second kappa shape index (κ2) is 6.89. The third kappa shape index (κ3) is 4.82. The molecule has 0 fully saturated rings. The Labute approximate surface area is 138 Å². The van der Waals surface area contributed by atoms with Crippen molar-refractivity contribution >= 4 is 43.5 Å². The first-order chi connectivity index (χ1) is 10.3. The van der Waals surface area contributed by atoms with Crippen molar-refractivity contribution in [3.8, 4) is 0 Å². The molecule has 0 unspecified atom stereocenters. The minimum absolute atomic E-state index is 0.201. The molecule has 2 aromatic carbocycles. The average Bonchev–Trinajstić information content (AvgIpc) is 2.44. The van der Waals surface area contributed by atoms with Crippen LogP contribution in [0.1, 0.15) is 15.9 Å². The molecule has 0 radical (unpaired) electrons. The van der Waals surface area contributed by atoms with Crippen molar-refractivity contribution in [3.05, 3.63) is 70.2 Å². The number of hydrogen-bond acceptors (Lipinski definition) is 3. The molecule has 0 aliphatic rings. The zero-order valence-electron chi connectivity index (χ0n) is 11.8. The number of rotatable bonds is 5. The largest absolute Gasteiger partial charge is 0.289 e. The van der Waals surface area contributed by atoms with Crippen LogP contribution in [0.3, 0.4) is 0 Å². The molecule has 2 rings (SSSR count). The number of hydrogen-bond donors (Lipinski definition) is 1. The number of halogens is 1. The fraction of sp³-hybridized carbons (Fsp3) is 0.0625. The minimum atomic E-state index is -3.37. The third-order valence-electron chi connectivity index (χ3n) is 2.77. The molecule has 0 spiro atoms. The maximum Gasteiger partial charge on any atom is 0.229 e. The van der Waals surface area contributed by atoms with Crippen LogP contribution in [0.4, 0.5) is 5.69 Å². The van der Waals surface area contributed by atoms with Gasteiger partial charge in [-0.2, -0.15) is 0 Å². The maximum absolute atomic E-state index is 12.2. The summed E-state index contributed by atoms with van der Waals surface area (Å²) in [5.41, 5.74) is 1.67. The molecule has 0 heterocycles. The number of ketones is 1. The summed E-state index contributed by atoms with van der Waals surface area (Å²) in [7, 11) is -3.37. The van der Waals surface area contributed by atoms with Gasteiger partial charge < -0.3 is 0 Å². The molecular weight excluding hydrogens is 366 g/mol. The summed E-state index contributed by atoms with van der Waals surface area (Å²) in [6.45, 7) is 0. The third-order valence-corrected chi connectivity index (χ3v) is 4.10. The molecule has 0 aliphatic heterocycles. The van der Waals surface area contributed by atoms with Gasteiger partial charge in [-0.1, -0.05) is 46.3 Å². The molecule has 2 aromatic rings. The lowest BCUT2D eigenvalue weighted by atomic mass is 10.1. The van der Waals surface area contributed by atoms with Gasteiger partial charge in [-0.25, -0.2) is 8.42 Å². The van der Waals surface area contributed by atoms with Crippen molar-refractivity contribution < 1.29 is 13.2 Å². The van der Waals surface area contributed by atoms with E-state index >= 15 is 0 Å². The molecule has 6 heteroatoms. The number of anilines is 1. The summed E-state index contributed by atoms with van der Waals surface area (Å²) in [5, 5.41) is 0. The second-order valence-corrected chi connectivity index (χ2v) is 7.28. The van der Waals surface area contributed by atoms with Crippen LogP contribution in [0.25, 0.3) is 6.08 Å². The van der Waals surface area contributed by atoms with Gasteiger partial charge in [-0.05, 0) is 35.9 Å². The second-order valence-electron chi connectivity index (χ2n) is 4.67. The van der Waals surface area contributed by atoms with E-state index in [1.54, 1.807) is 24.3 Å². The summed E-state index contributed by atoms with van der Waals surface area (Å²) < 4.78 is 25.7. The van der Waals surface area contributed by atoms with Gasteiger partial charge in [0.15, 0.2) is 5.78 Å². The van der Waals surface area contributed by atoms with E-state index in [1.807, 2.05) is 24.3 Å². The van der Waals surface area contributed by atoms with E-state index in [0.29, 0.717) is 11.3 Å². The predicted molar refractivity (Wildman–Crippen MR) is 92.4 cm³/mol. The Morgan fingerprint density at radius 1 is 1.14 bits per heavy atom. The summed E-state index contributed by atoms with van der Waals surface area (Å²) >= 11 is 3.41. The lowest BCUT2D eigenvalue weighted by molar-refractivity contribution is 0.104. The molecule has 0 bridgehead atoms. The molecule has 114 valence electrons. The number of benzene rings is 2. The van der Waals surface area contributed by atoms with Gasteiger partial charge in [-0.3, -0.25) is 9.52 Å². The zero-order chi connectivity index (χ0) is 16.2. The Balaban J connectivity index is 2.20. The Morgan fingerprint density at radius 3 is 2.55 bits per heavy atom. The number of carbonyl (C=O) groups excluding carboxylic acids is 1. The number of sulfonamides is 1. The van der Waals surface area contributed by atoms with Crippen LogP contribution >= 0.6 is 15.9 Å². The minimum Gasteiger partial charge on any atom is -0.289 e. The highest BCUT2D eigenvalue weighted by molar-refractivity contribution is 9.10. The highest BCUT2D eigenvalue weighted by atomic mass is 79.9. The normalized spacial score (nSPS) is 11.5. The van der Waals surface area contributed by atoms with Gasteiger partial charge in [0.05, 0.1) is 6.26 Å². The zero-order valence-corrected chi connectivity index (χ0v) is 14.2. The Kier molecular flexibility index (Phi) is 5.15. The van der Waals surface area contributed by atoms with Crippen molar-refractivity contribution in [2.45, 2.75) is 0 Å². The van der Waals surface area contributed by atoms with E-state index in [-0.39, 0.29) is 5.78 Å². The summed E-state index contributed by atoms with van der Waals surface area (Å²) in [5.74, 6) is -0.201. The monoisotopic (exact) mass is 379 g/mol. The lowest BCUT2D eigenvalue weighted by Gasteiger charge is -2.04. The molecule has 4 nitrogen and oxygen atoms in total. The van der Waals surface area contributed by atoms with E-state index in [2.05, 4.69) is 20.7 Å². The molecule has 0 aliphatic carbocycles. The van der Waals surface area contributed by atoms with Gasteiger partial charge in [-0.15, -0.1) is 0 Å². The molecule has 0 amide bonds. The quantitative estimate of drug-likeness (QED) is 0.635. The van der Waals surface area contributed by atoms with Crippen LogP contribution in [0, 0.1) is 0 Å². The predicted octanol–water partition coefficient (Wildman–Crippen LogP) is 3.72. The van der Waals surface area contributed by atoms with Gasteiger partial charge in [0.1, 0.15) is 0 Å². The number of allylic oxidation sites excluding steroid dienone is 1. The van der Waals surface area contributed by atoms with E-state index < -0.39 is 10.0 Å². The summed E-state index contributed by atoms with van der Waals surface area (Å²) in [4.78, 5) is 12.2. The molecule has 1 N–H and O–H groups in total. The average molecular weight is 380 g/mol. The highest BCUT2D eigenvalue weighted by Crippen LogP contribution is 2.18. The molecular formula is C16H14BrNO3S. The first-order valence-corrected chi connectivity index (χ1v) is 9.08. The molecule has 0 saturated heterocycles. The molecule has 0 aromatic heterocycles. The standard InChI is InChI=1S/C16H14BrNO3S/c1-22(20,21)18-14-7-4-6-13(11-14)16(19)10-9-12-5-2-3-8-15(12)17/h2-11,18H,1H3/b10-9+. The smallest absolute Gasteiger partial charge is 0.229 e. The van der Waals surface area contributed by atoms with Gasteiger partial charge in [0.25, 0.3) is 0 Å². The van der Waals surface area contributed by atoms with E-state index in [4.69, 9.17) is 0 Å².